The molecule has 1 aliphatic heterocycles. The van der Waals surface area contributed by atoms with Gasteiger partial charge in [-0.1, -0.05) is 28.9 Å². The van der Waals surface area contributed by atoms with Crippen LogP contribution in [-0.2, 0) is 17.9 Å². The predicted molar refractivity (Wildman–Crippen MR) is 113 cm³/mol. The lowest BCUT2D eigenvalue weighted by molar-refractivity contribution is -0.121. The largest absolute Gasteiger partial charge is 0.454 e. The molecule has 0 saturated carbocycles. The first-order valence-electron chi connectivity index (χ1n) is 9.56. The number of amides is 1. The number of hydrogen-bond donors (Lipinski definition) is 1. The minimum Gasteiger partial charge on any atom is -0.454 e. The Morgan fingerprint density at radius 3 is 2.90 bits per heavy atom. The van der Waals surface area contributed by atoms with Crippen LogP contribution in [0.2, 0.25) is 5.02 Å². The Morgan fingerprint density at radius 2 is 2.00 bits per heavy atom. The molecule has 3 heterocycles. The summed E-state index contributed by atoms with van der Waals surface area (Å²) >= 11 is 5.98. The zero-order valence-electron chi connectivity index (χ0n) is 16.2. The van der Waals surface area contributed by atoms with E-state index in [1.807, 2.05) is 36.4 Å². The minimum atomic E-state index is -0.145. The summed E-state index contributed by atoms with van der Waals surface area (Å²) < 4.78 is 17.9. The Bertz CT molecular complexity index is 1250. The molecule has 4 aromatic rings. The fraction of sp³-hybridized carbons (Fsp3) is 0.136. The number of halogens is 1. The molecule has 8 nitrogen and oxygen atoms in total. The van der Waals surface area contributed by atoms with E-state index in [9.17, 15) is 4.79 Å². The van der Waals surface area contributed by atoms with Gasteiger partial charge in [0, 0.05) is 23.3 Å². The van der Waals surface area contributed by atoms with E-state index in [1.54, 1.807) is 29.0 Å². The van der Waals surface area contributed by atoms with Crippen molar-refractivity contribution >= 4 is 17.5 Å². The van der Waals surface area contributed by atoms with Crippen molar-refractivity contribution in [3.63, 3.8) is 0 Å². The summed E-state index contributed by atoms with van der Waals surface area (Å²) in [6, 6.07) is 16.5. The molecule has 1 amide bonds. The highest BCUT2D eigenvalue weighted by atomic mass is 35.5. The second-order valence-corrected chi connectivity index (χ2v) is 7.36. The number of carbonyl (C=O) groups excluding carboxylic acids is 1. The molecule has 0 saturated heterocycles. The van der Waals surface area contributed by atoms with Gasteiger partial charge in [0.2, 0.25) is 18.5 Å². The smallest absolute Gasteiger partial charge is 0.274 e. The first kappa shape index (κ1) is 19.2. The van der Waals surface area contributed by atoms with Crippen molar-refractivity contribution in [2.75, 3.05) is 6.79 Å². The maximum atomic E-state index is 12.4. The molecule has 0 bridgehead atoms. The lowest BCUT2D eigenvalue weighted by atomic mass is 10.2. The molecule has 0 spiro atoms. The highest BCUT2D eigenvalue weighted by molar-refractivity contribution is 6.30. The lowest BCUT2D eigenvalue weighted by Gasteiger charge is -2.08. The molecule has 156 valence electrons. The summed E-state index contributed by atoms with van der Waals surface area (Å²) in [5, 5.41) is 7.58. The molecule has 0 unspecified atom stereocenters. The van der Waals surface area contributed by atoms with Crippen LogP contribution >= 0.6 is 11.6 Å². The predicted octanol–water partition coefficient (Wildman–Crippen LogP) is 3.90. The Hall–Kier alpha value is -3.78. The molecule has 1 aliphatic rings. The number of fused-ring (bicyclic) bond motifs is 1. The topological polar surface area (TPSA) is 91.4 Å². The highest BCUT2D eigenvalue weighted by Crippen LogP contribution is 2.35. The van der Waals surface area contributed by atoms with Gasteiger partial charge in [-0.2, -0.15) is 4.98 Å². The van der Waals surface area contributed by atoms with Gasteiger partial charge in [-0.15, -0.1) is 0 Å². The quantitative estimate of drug-likeness (QED) is 0.493. The van der Waals surface area contributed by atoms with Crippen LogP contribution in [0, 0.1) is 0 Å². The number of aromatic nitrogens is 3. The van der Waals surface area contributed by atoms with Gasteiger partial charge in [-0.05, 0) is 48.0 Å². The number of ether oxygens (including phenoxy) is 2. The SMILES string of the molecule is O=C(Cn1cccc1-c1nc(-c2ccc3c(c2)OCO3)no1)NCc1cccc(Cl)c1. The summed E-state index contributed by atoms with van der Waals surface area (Å²) in [4.78, 5) is 16.9. The molecule has 0 radical (unpaired) electrons. The van der Waals surface area contributed by atoms with Crippen molar-refractivity contribution in [2.24, 2.45) is 0 Å². The first-order chi connectivity index (χ1) is 15.2. The maximum absolute atomic E-state index is 12.4. The van der Waals surface area contributed by atoms with Crippen molar-refractivity contribution in [1.29, 1.82) is 0 Å². The fourth-order valence-electron chi connectivity index (χ4n) is 3.28. The molecule has 9 heteroatoms. The molecular weight excluding hydrogens is 420 g/mol. The van der Waals surface area contributed by atoms with Crippen LogP contribution in [0.1, 0.15) is 5.56 Å². The summed E-state index contributed by atoms with van der Waals surface area (Å²) in [6.07, 6.45) is 1.79. The molecule has 5 rings (SSSR count). The minimum absolute atomic E-state index is 0.116. The van der Waals surface area contributed by atoms with Crippen molar-refractivity contribution < 1.29 is 18.8 Å². The van der Waals surface area contributed by atoms with Gasteiger partial charge < -0.3 is 23.9 Å². The van der Waals surface area contributed by atoms with E-state index in [-0.39, 0.29) is 19.2 Å². The second-order valence-electron chi connectivity index (χ2n) is 6.92. The third kappa shape index (κ3) is 4.10. The number of hydrogen-bond acceptors (Lipinski definition) is 6. The molecule has 2 aromatic carbocycles. The zero-order valence-corrected chi connectivity index (χ0v) is 17.0. The summed E-state index contributed by atoms with van der Waals surface area (Å²) in [5.74, 6) is 1.92. The Kier molecular flexibility index (Phi) is 5.05. The molecule has 0 aliphatic carbocycles. The van der Waals surface area contributed by atoms with Crippen LogP contribution in [0.15, 0.2) is 65.3 Å². The molecular formula is C22H17ClN4O4. The Balaban J connectivity index is 1.28. The molecule has 0 atom stereocenters. The van der Waals surface area contributed by atoms with Crippen LogP contribution in [0.25, 0.3) is 23.0 Å². The van der Waals surface area contributed by atoms with Gasteiger partial charge in [0.15, 0.2) is 11.5 Å². The lowest BCUT2D eigenvalue weighted by Crippen LogP contribution is -2.27. The van der Waals surface area contributed by atoms with Crippen LogP contribution in [0.4, 0.5) is 0 Å². The highest BCUT2D eigenvalue weighted by Gasteiger charge is 2.18. The van der Waals surface area contributed by atoms with Gasteiger partial charge >= 0.3 is 0 Å². The van der Waals surface area contributed by atoms with Gasteiger partial charge in [0.05, 0.1) is 0 Å². The van der Waals surface area contributed by atoms with Gasteiger partial charge in [-0.3, -0.25) is 4.79 Å². The van der Waals surface area contributed by atoms with Gasteiger partial charge in [0.25, 0.3) is 5.89 Å². The van der Waals surface area contributed by atoms with E-state index >= 15 is 0 Å². The molecule has 0 fully saturated rings. The van der Waals surface area contributed by atoms with Crippen LogP contribution in [0.5, 0.6) is 11.5 Å². The Labute approximate surface area is 182 Å². The third-order valence-electron chi connectivity index (χ3n) is 4.80. The van der Waals surface area contributed by atoms with Crippen molar-refractivity contribution in [3.8, 4) is 34.5 Å². The number of nitrogens with zero attached hydrogens (tertiary/aromatic N) is 3. The van der Waals surface area contributed by atoms with E-state index in [2.05, 4.69) is 15.5 Å². The van der Waals surface area contributed by atoms with Gasteiger partial charge in [-0.25, -0.2) is 0 Å². The van der Waals surface area contributed by atoms with Crippen molar-refractivity contribution in [1.82, 2.24) is 20.0 Å². The number of carbonyl (C=O) groups is 1. The van der Waals surface area contributed by atoms with Crippen LogP contribution in [0.3, 0.4) is 0 Å². The third-order valence-corrected chi connectivity index (χ3v) is 5.03. The monoisotopic (exact) mass is 436 g/mol. The zero-order chi connectivity index (χ0) is 21.2. The summed E-state index contributed by atoms with van der Waals surface area (Å²) in [5.41, 5.74) is 2.33. The van der Waals surface area contributed by atoms with Crippen LogP contribution in [-0.4, -0.2) is 27.4 Å². The van der Waals surface area contributed by atoms with Crippen molar-refractivity contribution in [3.05, 3.63) is 71.4 Å². The van der Waals surface area contributed by atoms with Crippen molar-refractivity contribution in [2.45, 2.75) is 13.1 Å². The number of nitrogens with one attached hydrogen (secondary N) is 1. The van der Waals surface area contributed by atoms with E-state index in [4.69, 9.17) is 25.6 Å². The second kappa shape index (κ2) is 8.16. The van der Waals surface area contributed by atoms with E-state index in [1.165, 1.54) is 0 Å². The first-order valence-corrected chi connectivity index (χ1v) is 9.94. The van der Waals surface area contributed by atoms with E-state index in [0.29, 0.717) is 40.5 Å². The average Bonchev–Trinajstić information content (AvgIpc) is 3.52. The van der Waals surface area contributed by atoms with Crippen LogP contribution < -0.4 is 14.8 Å². The maximum Gasteiger partial charge on any atom is 0.274 e. The van der Waals surface area contributed by atoms with Gasteiger partial charge in [0.1, 0.15) is 12.2 Å². The Morgan fingerprint density at radius 1 is 1.10 bits per heavy atom. The average molecular weight is 437 g/mol. The van der Waals surface area contributed by atoms with E-state index < -0.39 is 0 Å². The standard InChI is InChI=1S/C22H17ClN4O4/c23-16-4-1-3-14(9-16)11-24-20(28)12-27-8-2-5-17(27)22-25-21(26-31-22)15-6-7-18-19(10-15)30-13-29-18/h1-10H,11-13H2,(H,24,28). The fourth-order valence-corrected chi connectivity index (χ4v) is 3.50. The van der Waals surface area contributed by atoms with E-state index in [0.717, 1.165) is 11.1 Å². The number of rotatable bonds is 6. The molecule has 31 heavy (non-hydrogen) atoms. The summed E-state index contributed by atoms with van der Waals surface area (Å²) in [7, 11) is 0. The molecule has 2 aromatic heterocycles. The number of benzene rings is 2. The molecule has 1 N–H and O–H groups in total. The summed E-state index contributed by atoms with van der Waals surface area (Å²) in [6.45, 7) is 0.707. The normalized spacial score (nSPS) is 12.2.